The van der Waals surface area contributed by atoms with E-state index in [1.165, 1.54) is 0 Å². The van der Waals surface area contributed by atoms with Gasteiger partial charge in [-0.05, 0) is 55.5 Å². The molecule has 0 spiro atoms. The van der Waals surface area contributed by atoms with E-state index >= 15 is 0 Å². The molecule has 0 aliphatic carbocycles. The van der Waals surface area contributed by atoms with Crippen LogP contribution in [-0.4, -0.2) is 31.6 Å². The summed E-state index contributed by atoms with van der Waals surface area (Å²) in [5.41, 5.74) is 2.49. The minimum Gasteiger partial charge on any atom is -0.493 e. The summed E-state index contributed by atoms with van der Waals surface area (Å²) in [6.07, 6.45) is 2.09. The lowest BCUT2D eigenvalue weighted by Crippen LogP contribution is -2.39. The molecule has 1 aliphatic rings. The second kappa shape index (κ2) is 10.1. The van der Waals surface area contributed by atoms with E-state index in [9.17, 15) is 9.59 Å². The highest BCUT2D eigenvalue weighted by atomic mass is 16.5. The van der Waals surface area contributed by atoms with Gasteiger partial charge in [-0.15, -0.1) is 0 Å². The molecule has 0 fully saturated rings. The molecular weight excluding hydrogens is 380 g/mol. The number of carbonyl (C=O) groups excluding carboxylic acids is 2. The number of ether oxygens (including phenoxy) is 2. The van der Waals surface area contributed by atoms with Crippen molar-refractivity contribution in [3.8, 4) is 11.5 Å². The zero-order valence-electron chi connectivity index (χ0n) is 17.9. The van der Waals surface area contributed by atoms with Crippen LogP contribution in [0.1, 0.15) is 38.7 Å². The van der Waals surface area contributed by atoms with Crippen LogP contribution in [0.2, 0.25) is 0 Å². The van der Waals surface area contributed by atoms with Gasteiger partial charge in [0.05, 0.1) is 12.3 Å². The Bertz CT molecular complexity index is 895. The molecule has 2 aromatic rings. The normalized spacial score (nSPS) is 13.1. The van der Waals surface area contributed by atoms with Gasteiger partial charge in [0.25, 0.3) is 5.91 Å². The second-order valence-electron chi connectivity index (χ2n) is 7.98. The minimum absolute atomic E-state index is 0.0335. The largest absolute Gasteiger partial charge is 0.493 e. The molecule has 1 aliphatic heterocycles. The third-order valence-electron chi connectivity index (χ3n) is 4.91. The lowest BCUT2D eigenvalue weighted by Gasteiger charge is -2.30. The van der Waals surface area contributed by atoms with Gasteiger partial charge in [-0.3, -0.25) is 9.59 Å². The van der Waals surface area contributed by atoms with Crippen LogP contribution >= 0.6 is 0 Å². The quantitative estimate of drug-likeness (QED) is 0.615. The number of para-hydroxylation sites is 1. The Labute approximate surface area is 178 Å². The molecule has 0 radical (unpaired) electrons. The fourth-order valence-corrected chi connectivity index (χ4v) is 3.38. The average molecular weight is 411 g/mol. The van der Waals surface area contributed by atoms with Gasteiger partial charge >= 0.3 is 0 Å². The van der Waals surface area contributed by atoms with Crippen LogP contribution in [-0.2, 0) is 9.59 Å². The minimum atomic E-state index is -0.0759. The molecule has 0 bridgehead atoms. The maximum absolute atomic E-state index is 12.4. The predicted octanol–water partition coefficient (Wildman–Crippen LogP) is 4.56. The maximum Gasteiger partial charge on any atom is 0.265 e. The molecule has 1 heterocycles. The molecule has 0 aromatic heterocycles. The van der Waals surface area contributed by atoms with Gasteiger partial charge in [0.2, 0.25) is 5.91 Å². The van der Waals surface area contributed by atoms with Gasteiger partial charge in [-0.2, -0.15) is 0 Å². The van der Waals surface area contributed by atoms with Crippen LogP contribution in [0.25, 0.3) is 0 Å². The fourth-order valence-electron chi connectivity index (χ4n) is 3.38. The number of fused-ring (bicyclic) bond motifs is 1. The fraction of sp³-hybridized carbons (Fsp3) is 0.417. The number of hydrogen-bond donors (Lipinski definition) is 1. The lowest BCUT2D eigenvalue weighted by molar-refractivity contribution is -0.121. The molecule has 2 aromatic carbocycles. The van der Waals surface area contributed by atoms with Crippen LogP contribution in [0.15, 0.2) is 42.5 Å². The molecule has 0 saturated carbocycles. The van der Waals surface area contributed by atoms with Crippen LogP contribution in [0.4, 0.5) is 11.4 Å². The Kier molecular flexibility index (Phi) is 7.33. The Morgan fingerprint density at radius 3 is 2.77 bits per heavy atom. The lowest BCUT2D eigenvalue weighted by atomic mass is 10.1. The first-order valence-electron chi connectivity index (χ1n) is 10.5. The topological polar surface area (TPSA) is 67.9 Å². The standard InChI is InChI=1S/C24H30N2O4/c1-17(2)14-23(27)25-19-10-11-22-20(15-19)26(24(28)16-30-22)12-6-7-13-29-21-9-5-4-8-18(21)3/h4-5,8-11,15,17H,6-7,12-14,16H2,1-3H3,(H,25,27). The van der Waals surface area contributed by atoms with Crippen LogP contribution in [0.3, 0.4) is 0 Å². The number of nitrogens with zero attached hydrogens (tertiary/aromatic N) is 1. The van der Waals surface area contributed by atoms with E-state index in [2.05, 4.69) is 5.32 Å². The number of carbonyl (C=O) groups is 2. The monoisotopic (exact) mass is 410 g/mol. The highest BCUT2D eigenvalue weighted by molar-refractivity contribution is 5.99. The number of anilines is 2. The smallest absolute Gasteiger partial charge is 0.265 e. The first kappa shape index (κ1) is 21.7. The predicted molar refractivity (Wildman–Crippen MR) is 118 cm³/mol. The van der Waals surface area contributed by atoms with Crippen LogP contribution in [0, 0.1) is 12.8 Å². The Morgan fingerprint density at radius 1 is 1.20 bits per heavy atom. The van der Waals surface area contributed by atoms with Crippen molar-refractivity contribution in [1.29, 1.82) is 0 Å². The molecule has 30 heavy (non-hydrogen) atoms. The van der Waals surface area contributed by atoms with E-state index in [1.807, 2.05) is 51.1 Å². The molecule has 160 valence electrons. The van der Waals surface area contributed by atoms with Gasteiger partial charge in [-0.25, -0.2) is 0 Å². The first-order chi connectivity index (χ1) is 14.4. The van der Waals surface area contributed by atoms with Crippen molar-refractivity contribution in [3.63, 3.8) is 0 Å². The van der Waals surface area contributed by atoms with Crippen LogP contribution in [0.5, 0.6) is 11.5 Å². The van der Waals surface area contributed by atoms with E-state index in [-0.39, 0.29) is 24.3 Å². The zero-order chi connectivity index (χ0) is 21.5. The van der Waals surface area contributed by atoms with Gasteiger partial charge in [0.1, 0.15) is 11.5 Å². The van der Waals surface area contributed by atoms with Crippen LogP contribution < -0.4 is 19.7 Å². The summed E-state index contributed by atoms with van der Waals surface area (Å²) in [7, 11) is 0. The summed E-state index contributed by atoms with van der Waals surface area (Å²) in [5, 5.41) is 2.91. The summed E-state index contributed by atoms with van der Waals surface area (Å²) >= 11 is 0. The van der Waals surface area contributed by atoms with Crippen molar-refractivity contribution in [2.75, 3.05) is 30.0 Å². The molecule has 6 heteroatoms. The van der Waals surface area contributed by atoms with Gasteiger partial charge < -0.3 is 19.7 Å². The molecule has 0 unspecified atom stereocenters. The third-order valence-corrected chi connectivity index (χ3v) is 4.91. The van der Waals surface area contributed by atoms with E-state index in [0.29, 0.717) is 36.7 Å². The van der Waals surface area contributed by atoms with Gasteiger partial charge in [-0.1, -0.05) is 32.0 Å². The van der Waals surface area contributed by atoms with Crippen molar-refractivity contribution in [2.45, 2.75) is 40.0 Å². The van der Waals surface area contributed by atoms with Gasteiger partial charge in [0, 0.05) is 18.7 Å². The summed E-state index contributed by atoms with van der Waals surface area (Å²) in [5.74, 6) is 1.73. The molecular formula is C24H30N2O4. The Morgan fingerprint density at radius 2 is 2.00 bits per heavy atom. The van der Waals surface area contributed by atoms with Crippen molar-refractivity contribution in [3.05, 3.63) is 48.0 Å². The number of nitrogens with one attached hydrogen (secondary N) is 1. The number of benzene rings is 2. The zero-order valence-corrected chi connectivity index (χ0v) is 17.9. The number of rotatable bonds is 9. The molecule has 2 amide bonds. The number of unbranched alkanes of at least 4 members (excludes halogenated alkanes) is 1. The van der Waals surface area contributed by atoms with E-state index in [4.69, 9.17) is 9.47 Å². The SMILES string of the molecule is Cc1ccccc1OCCCCN1C(=O)COc2ccc(NC(=O)CC(C)C)cc21. The third kappa shape index (κ3) is 5.75. The first-order valence-corrected chi connectivity index (χ1v) is 10.5. The van der Waals surface area contributed by atoms with Gasteiger partial charge in [0.15, 0.2) is 6.61 Å². The second-order valence-corrected chi connectivity index (χ2v) is 7.98. The van der Waals surface area contributed by atoms with Crippen molar-refractivity contribution in [2.24, 2.45) is 5.92 Å². The number of hydrogen-bond acceptors (Lipinski definition) is 4. The summed E-state index contributed by atoms with van der Waals surface area (Å²) in [6.45, 7) is 7.24. The maximum atomic E-state index is 12.4. The number of amides is 2. The number of aryl methyl sites for hydroxylation is 1. The molecule has 0 saturated heterocycles. The molecule has 6 nitrogen and oxygen atoms in total. The molecule has 0 atom stereocenters. The van der Waals surface area contributed by atoms with Crippen molar-refractivity contribution >= 4 is 23.2 Å². The average Bonchev–Trinajstić information content (AvgIpc) is 2.70. The molecule has 1 N–H and O–H groups in total. The summed E-state index contributed by atoms with van der Waals surface area (Å²) in [4.78, 5) is 26.3. The summed E-state index contributed by atoms with van der Waals surface area (Å²) in [6, 6.07) is 13.4. The van der Waals surface area contributed by atoms with Crippen molar-refractivity contribution < 1.29 is 19.1 Å². The Hall–Kier alpha value is -3.02. The van der Waals surface area contributed by atoms with E-state index in [1.54, 1.807) is 17.0 Å². The summed E-state index contributed by atoms with van der Waals surface area (Å²) < 4.78 is 11.4. The van der Waals surface area contributed by atoms with Crippen molar-refractivity contribution in [1.82, 2.24) is 0 Å². The Balaban J connectivity index is 1.57. The molecule has 3 rings (SSSR count). The van der Waals surface area contributed by atoms with E-state index < -0.39 is 0 Å². The highest BCUT2D eigenvalue weighted by Gasteiger charge is 2.25. The van der Waals surface area contributed by atoms with E-state index in [0.717, 1.165) is 24.2 Å². The highest BCUT2D eigenvalue weighted by Crippen LogP contribution is 2.35.